The molecular weight excluding hydrogens is 337 g/mol. The third kappa shape index (κ3) is 2.97. The van der Waals surface area contributed by atoms with Crippen LogP contribution >= 0.6 is 0 Å². The maximum Gasteiger partial charge on any atom is 0.254 e. The molecule has 1 atom stereocenters. The number of carbonyl (C=O) groups is 1. The van der Waals surface area contributed by atoms with Crippen LogP contribution in [0, 0.1) is 5.82 Å². The first-order valence-corrected chi connectivity index (χ1v) is 9.24. The van der Waals surface area contributed by atoms with Crippen molar-refractivity contribution in [3.05, 3.63) is 23.5 Å². The van der Waals surface area contributed by atoms with E-state index >= 15 is 0 Å². The van der Waals surface area contributed by atoms with Gasteiger partial charge in [0, 0.05) is 30.7 Å². The number of aromatic nitrogens is 3. The van der Waals surface area contributed by atoms with Crippen molar-refractivity contribution in [1.29, 1.82) is 0 Å². The predicted molar refractivity (Wildman–Crippen MR) is 94.4 cm³/mol. The van der Waals surface area contributed by atoms with Gasteiger partial charge < -0.3 is 10.1 Å². The van der Waals surface area contributed by atoms with E-state index < -0.39 is 11.7 Å². The van der Waals surface area contributed by atoms with Crippen LogP contribution in [0.15, 0.2) is 12.1 Å². The number of fused-ring (bicyclic) bond motifs is 1. The highest BCUT2D eigenvalue weighted by atomic mass is 19.1. The van der Waals surface area contributed by atoms with Gasteiger partial charge in [0.15, 0.2) is 0 Å². The molecule has 1 aliphatic heterocycles. The number of nitrogens with zero attached hydrogens (tertiary/aromatic N) is 3. The highest BCUT2D eigenvalue weighted by molar-refractivity contribution is 5.97. The van der Waals surface area contributed by atoms with Crippen molar-refractivity contribution in [3.8, 4) is 0 Å². The van der Waals surface area contributed by atoms with Crippen LogP contribution in [0.4, 0.5) is 4.39 Å². The summed E-state index contributed by atoms with van der Waals surface area (Å²) in [6.07, 6.45) is 4.38. The van der Waals surface area contributed by atoms with Crippen LogP contribution in [0.5, 0.6) is 0 Å². The van der Waals surface area contributed by atoms with Gasteiger partial charge in [0.05, 0.1) is 18.8 Å². The number of ether oxygens (including phenoxy) is 1. The van der Waals surface area contributed by atoms with E-state index in [0.717, 1.165) is 52.0 Å². The number of hydrogen-bond donors (Lipinski definition) is 2. The maximum atomic E-state index is 14.4. The Kier molecular flexibility index (Phi) is 4.62. The number of benzene rings is 1. The van der Waals surface area contributed by atoms with Gasteiger partial charge in [-0.05, 0) is 25.8 Å². The van der Waals surface area contributed by atoms with Gasteiger partial charge >= 0.3 is 0 Å². The van der Waals surface area contributed by atoms with E-state index in [1.807, 2.05) is 6.92 Å². The number of hydrogen-bond acceptors (Lipinski definition) is 5. The SMILES string of the molecule is CC(NC(=O)c1cc2n[nH]nc2cc1F)C1(N2CCOCC2)CCCC1. The molecule has 7 nitrogen and oxygen atoms in total. The largest absolute Gasteiger partial charge is 0.379 e. The van der Waals surface area contributed by atoms with Crippen molar-refractivity contribution < 1.29 is 13.9 Å². The molecule has 2 aromatic rings. The molecule has 140 valence electrons. The number of nitrogens with one attached hydrogen (secondary N) is 2. The van der Waals surface area contributed by atoms with E-state index in [1.165, 1.54) is 12.1 Å². The average molecular weight is 361 g/mol. The van der Waals surface area contributed by atoms with Crippen LogP contribution in [0.25, 0.3) is 11.0 Å². The molecule has 1 aromatic carbocycles. The second-order valence-corrected chi connectivity index (χ2v) is 7.25. The number of H-pyrrole nitrogens is 1. The summed E-state index contributed by atoms with van der Waals surface area (Å²) in [5.41, 5.74) is 0.822. The summed E-state index contributed by atoms with van der Waals surface area (Å²) in [4.78, 5) is 15.2. The molecule has 0 spiro atoms. The van der Waals surface area contributed by atoms with E-state index in [0.29, 0.717) is 11.0 Å². The lowest BCUT2D eigenvalue weighted by Gasteiger charge is -2.47. The number of aromatic amines is 1. The Bertz CT molecular complexity index is 796. The van der Waals surface area contributed by atoms with E-state index in [4.69, 9.17) is 4.74 Å². The molecule has 2 heterocycles. The lowest BCUT2D eigenvalue weighted by Crippen LogP contribution is -2.62. The molecule has 1 unspecified atom stereocenters. The van der Waals surface area contributed by atoms with Crippen LogP contribution in [0.1, 0.15) is 43.0 Å². The summed E-state index contributed by atoms with van der Waals surface area (Å²) in [5, 5.41) is 13.3. The van der Waals surface area contributed by atoms with Crippen molar-refractivity contribution in [2.24, 2.45) is 0 Å². The lowest BCUT2D eigenvalue weighted by molar-refractivity contribution is -0.0323. The summed E-state index contributed by atoms with van der Waals surface area (Å²) in [7, 11) is 0. The number of halogens is 1. The van der Waals surface area contributed by atoms with E-state index in [9.17, 15) is 9.18 Å². The summed E-state index contributed by atoms with van der Waals surface area (Å²) in [6.45, 7) is 5.23. The Morgan fingerprint density at radius 3 is 2.62 bits per heavy atom. The van der Waals surface area contributed by atoms with E-state index in [-0.39, 0.29) is 17.1 Å². The fourth-order valence-electron chi connectivity index (χ4n) is 4.46. The fourth-order valence-corrected chi connectivity index (χ4v) is 4.46. The topological polar surface area (TPSA) is 83.1 Å². The molecule has 8 heteroatoms. The minimum atomic E-state index is -0.581. The van der Waals surface area contributed by atoms with Gasteiger partial charge in [-0.25, -0.2) is 4.39 Å². The summed E-state index contributed by atoms with van der Waals surface area (Å²) in [6, 6.07) is 2.61. The number of morpholine rings is 1. The molecule has 1 aliphatic carbocycles. The Morgan fingerprint density at radius 1 is 1.27 bits per heavy atom. The predicted octanol–water partition coefficient (Wildman–Crippen LogP) is 1.86. The molecule has 1 saturated carbocycles. The van der Waals surface area contributed by atoms with Gasteiger partial charge in [-0.15, -0.1) is 0 Å². The normalized spacial score (nSPS) is 21.8. The van der Waals surface area contributed by atoms with Crippen LogP contribution in [-0.2, 0) is 4.74 Å². The molecule has 1 saturated heterocycles. The lowest BCUT2D eigenvalue weighted by atomic mass is 9.86. The molecular formula is C18H24FN5O2. The Balaban J connectivity index is 1.55. The summed E-state index contributed by atoms with van der Waals surface area (Å²) < 4.78 is 19.8. The second kappa shape index (κ2) is 6.92. The van der Waals surface area contributed by atoms with Crippen LogP contribution < -0.4 is 5.32 Å². The molecule has 1 amide bonds. The van der Waals surface area contributed by atoms with Crippen LogP contribution in [0.3, 0.4) is 0 Å². The Morgan fingerprint density at radius 2 is 1.92 bits per heavy atom. The standard InChI is InChI=1S/C18H24FN5O2/c1-12(18(4-2-3-5-18)24-6-8-26-9-7-24)20-17(25)13-10-15-16(11-14(13)19)22-23-21-15/h10-12H,2-9H2,1H3,(H,20,25)(H,21,22,23). The van der Waals surface area contributed by atoms with Crippen molar-refractivity contribution >= 4 is 16.9 Å². The molecule has 2 fully saturated rings. The molecule has 0 radical (unpaired) electrons. The van der Waals surface area contributed by atoms with Crippen LogP contribution in [0.2, 0.25) is 0 Å². The third-order valence-electron chi connectivity index (χ3n) is 5.91. The van der Waals surface area contributed by atoms with Gasteiger partial charge in [0.25, 0.3) is 5.91 Å². The molecule has 2 aliphatic rings. The number of carbonyl (C=O) groups excluding carboxylic acids is 1. The molecule has 2 N–H and O–H groups in total. The van der Waals surface area contributed by atoms with Gasteiger partial charge in [-0.2, -0.15) is 15.4 Å². The maximum absolute atomic E-state index is 14.4. The first-order chi connectivity index (χ1) is 12.6. The van der Waals surface area contributed by atoms with Gasteiger partial charge in [0.2, 0.25) is 0 Å². The first-order valence-electron chi connectivity index (χ1n) is 9.24. The van der Waals surface area contributed by atoms with Crippen molar-refractivity contribution in [2.75, 3.05) is 26.3 Å². The van der Waals surface area contributed by atoms with Gasteiger partial charge in [0.1, 0.15) is 16.9 Å². The average Bonchev–Trinajstić information content (AvgIpc) is 3.31. The Hall–Kier alpha value is -2.06. The number of rotatable bonds is 4. The zero-order valence-electron chi connectivity index (χ0n) is 14.9. The van der Waals surface area contributed by atoms with Gasteiger partial charge in [-0.1, -0.05) is 12.8 Å². The van der Waals surface area contributed by atoms with E-state index in [1.54, 1.807) is 0 Å². The minimum Gasteiger partial charge on any atom is -0.379 e. The third-order valence-corrected chi connectivity index (χ3v) is 5.91. The van der Waals surface area contributed by atoms with E-state index in [2.05, 4.69) is 25.6 Å². The zero-order valence-corrected chi connectivity index (χ0v) is 14.9. The summed E-state index contributed by atoms with van der Waals surface area (Å²) >= 11 is 0. The zero-order chi connectivity index (χ0) is 18.1. The van der Waals surface area contributed by atoms with Crippen molar-refractivity contribution in [2.45, 2.75) is 44.2 Å². The minimum absolute atomic E-state index is 0.00775. The van der Waals surface area contributed by atoms with Crippen molar-refractivity contribution in [1.82, 2.24) is 25.6 Å². The van der Waals surface area contributed by atoms with Crippen molar-refractivity contribution in [3.63, 3.8) is 0 Å². The molecule has 4 rings (SSSR count). The second-order valence-electron chi connectivity index (χ2n) is 7.25. The molecule has 0 bridgehead atoms. The Labute approximate surface area is 151 Å². The first kappa shape index (κ1) is 17.4. The summed E-state index contributed by atoms with van der Waals surface area (Å²) in [5.74, 6) is -0.984. The van der Waals surface area contributed by atoms with Crippen LogP contribution in [-0.4, -0.2) is 64.1 Å². The highest BCUT2D eigenvalue weighted by Crippen LogP contribution is 2.38. The quantitative estimate of drug-likeness (QED) is 0.869. The fraction of sp³-hybridized carbons (Fsp3) is 0.611. The highest BCUT2D eigenvalue weighted by Gasteiger charge is 2.45. The molecule has 26 heavy (non-hydrogen) atoms. The van der Waals surface area contributed by atoms with Gasteiger partial charge in [-0.3, -0.25) is 9.69 Å². The number of amides is 1. The smallest absolute Gasteiger partial charge is 0.254 e. The monoisotopic (exact) mass is 361 g/mol. The molecule has 1 aromatic heterocycles.